The zero-order chi connectivity index (χ0) is 14.3. The number of ether oxygens (including phenoxy) is 1. The minimum absolute atomic E-state index is 0.312. The Morgan fingerprint density at radius 2 is 2.32 bits per heavy atom. The number of aliphatic carboxylic acids is 1. The Bertz CT molecular complexity index is 355. The SMILES string of the molecule is COCCCC(NC(=O)N1CC=C(C)CC1)C(=O)O. The summed E-state index contributed by atoms with van der Waals surface area (Å²) in [6.07, 6.45) is 3.81. The summed E-state index contributed by atoms with van der Waals surface area (Å²) in [5.74, 6) is -1.01. The van der Waals surface area contributed by atoms with Crippen LogP contribution in [0.5, 0.6) is 0 Å². The first kappa shape index (κ1) is 15.5. The van der Waals surface area contributed by atoms with Gasteiger partial charge < -0.3 is 20.1 Å². The molecule has 1 atom stereocenters. The first-order chi connectivity index (χ1) is 9.04. The molecule has 1 rings (SSSR count). The summed E-state index contributed by atoms with van der Waals surface area (Å²) in [4.78, 5) is 24.6. The van der Waals surface area contributed by atoms with Crippen LogP contribution in [0.15, 0.2) is 11.6 Å². The van der Waals surface area contributed by atoms with E-state index in [1.54, 1.807) is 12.0 Å². The van der Waals surface area contributed by atoms with E-state index in [0.29, 0.717) is 32.5 Å². The Kier molecular flexibility index (Phi) is 6.35. The maximum atomic E-state index is 11.9. The molecule has 0 aromatic heterocycles. The molecule has 0 aromatic carbocycles. The molecule has 1 heterocycles. The molecule has 0 bridgehead atoms. The molecule has 6 heteroatoms. The van der Waals surface area contributed by atoms with Crippen LogP contribution in [0.2, 0.25) is 0 Å². The summed E-state index contributed by atoms with van der Waals surface area (Å²) in [5, 5.41) is 11.6. The van der Waals surface area contributed by atoms with Crippen LogP contribution >= 0.6 is 0 Å². The summed E-state index contributed by atoms with van der Waals surface area (Å²) in [7, 11) is 1.57. The molecule has 1 aliphatic heterocycles. The highest BCUT2D eigenvalue weighted by atomic mass is 16.5. The van der Waals surface area contributed by atoms with Crippen LogP contribution in [0.4, 0.5) is 4.79 Å². The van der Waals surface area contributed by atoms with Gasteiger partial charge in [0, 0.05) is 26.8 Å². The fourth-order valence-electron chi connectivity index (χ4n) is 1.88. The lowest BCUT2D eigenvalue weighted by atomic mass is 10.1. The predicted molar refractivity (Wildman–Crippen MR) is 71.0 cm³/mol. The number of carbonyl (C=O) groups is 2. The highest BCUT2D eigenvalue weighted by Crippen LogP contribution is 2.10. The van der Waals surface area contributed by atoms with Gasteiger partial charge in [-0.2, -0.15) is 0 Å². The predicted octanol–water partition coefficient (Wildman–Crippen LogP) is 1.23. The van der Waals surface area contributed by atoms with Crippen LogP contribution in [-0.2, 0) is 9.53 Å². The van der Waals surface area contributed by atoms with Gasteiger partial charge in [-0.25, -0.2) is 9.59 Å². The van der Waals surface area contributed by atoms with Gasteiger partial charge in [-0.15, -0.1) is 0 Å². The monoisotopic (exact) mass is 270 g/mol. The van der Waals surface area contributed by atoms with Crippen LogP contribution < -0.4 is 5.32 Å². The number of rotatable bonds is 6. The normalized spacial score (nSPS) is 16.7. The second kappa shape index (κ2) is 7.78. The summed E-state index contributed by atoms with van der Waals surface area (Å²) < 4.78 is 4.88. The molecule has 0 radical (unpaired) electrons. The van der Waals surface area contributed by atoms with E-state index in [9.17, 15) is 9.59 Å². The number of hydrogen-bond acceptors (Lipinski definition) is 3. The lowest BCUT2D eigenvalue weighted by Crippen LogP contribution is -2.49. The molecular formula is C13H22N2O4. The molecule has 2 amide bonds. The van der Waals surface area contributed by atoms with E-state index in [2.05, 4.69) is 5.32 Å². The Labute approximate surface area is 113 Å². The third-order valence-electron chi connectivity index (χ3n) is 3.16. The van der Waals surface area contributed by atoms with Crippen molar-refractivity contribution in [2.75, 3.05) is 26.8 Å². The molecule has 0 aromatic rings. The first-order valence-corrected chi connectivity index (χ1v) is 6.47. The van der Waals surface area contributed by atoms with Gasteiger partial charge in [-0.1, -0.05) is 11.6 Å². The summed E-state index contributed by atoms with van der Waals surface area (Å²) in [6, 6.07) is -1.16. The average molecular weight is 270 g/mol. The molecule has 2 N–H and O–H groups in total. The fraction of sp³-hybridized carbons (Fsp3) is 0.692. The molecule has 0 spiro atoms. The van der Waals surface area contributed by atoms with Crippen LogP contribution in [0, 0.1) is 0 Å². The molecule has 0 saturated carbocycles. The fourth-order valence-corrected chi connectivity index (χ4v) is 1.88. The lowest BCUT2D eigenvalue weighted by molar-refractivity contribution is -0.139. The zero-order valence-electron chi connectivity index (χ0n) is 11.5. The van der Waals surface area contributed by atoms with E-state index in [1.165, 1.54) is 5.57 Å². The largest absolute Gasteiger partial charge is 0.480 e. The Balaban J connectivity index is 2.45. The minimum atomic E-state index is -1.01. The van der Waals surface area contributed by atoms with Gasteiger partial charge in [-0.05, 0) is 26.2 Å². The molecule has 108 valence electrons. The maximum absolute atomic E-state index is 11.9. The van der Waals surface area contributed by atoms with Gasteiger partial charge in [0.1, 0.15) is 6.04 Å². The standard InChI is InChI=1S/C13H22N2O4/c1-10-5-7-15(8-6-10)13(18)14-11(12(16)17)4-3-9-19-2/h5,11H,3-4,6-9H2,1-2H3,(H,14,18)(H,16,17). The van der Waals surface area contributed by atoms with Crippen molar-refractivity contribution in [1.29, 1.82) is 0 Å². The number of carboxylic acid groups (broad SMARTS) is 1. The molecule has 0 aliphatic carbocycles. The first-order valence-electron chi connectivity index (χ1n) is 6.47. The Morgan fingerprint density at radius 3 is 2.84 bits per heavy atom. The zero-order valence-corrected chi connectivity index (χ0v) is 11.5. The van der Waals surface area contributed by atoms with Gasteiger partial charge in [0.2, 0.25) is 0 Å². The second-order valence-corrected chi connectivity index (χ2v) is 4.72. The quantitative estimate of drug-likeness (QED) is 0.562. The molecule has 19 heavy (non-hydrogen) atoms. The van der Waals surface area contributed by atoms with E-state index in [1.807, 2.05) is 13.0 Å². The molecule has 1 unspecified atom stereocenters. The van der Waals surface area contributed by atoms with Gasteiger partial charge in [0.25, 0.3) is 0 Å². The Morgan fingerprint density at radius 1 is 1.58 bits per heavy atom. The van der Waals surface area contributed by atoms with Crippen molar-refractivity contribution in [3.63, 3.8) is 0 Å². The molecule has 0 fully saturated rings. The van der Waals surface area contributed by atoms with Crippen molar-refractivity contribution >= 4 is 12.0 Å². The van der Waals surface area contributed by atoms with Crippen molar-refractivity contribution in [3.8, 4) is 0 Å². The number of nitrogens with zero attached hydrogens (tertiary/aromatic N) is 1. The van der Waals surface area contributed by atoms with Gasteiger partial charge in [0.05, 0.1) is 0 Å². The highest BCUT2D eigenvalue weighted by Gasteiger charge is 2.23. The van der Waals surface area contributed by atoms with E-state index in [0.717, 1.165) is 6.42 Å². The van der Waals surface area contributed by atoms with Gasteiger partial charge in [-0.3, -0.25) is 0 Å². The van der Waals surface area contributed by atoms with Crippen molar-refractivity contribution in [2.24, 2.45) is 0 Å². The van der Waals surface area contributed by atoms with E-state index >= 15 is 0 Å². The number of nitrogens with one attached hydrogen (secondary N) is 1. The third kappa shape index (κ3) is 5.30. The average Bonchev–Trinajstić information content (AvgIpc) is 2.38. The molecule has 0 saturated heterocycles. The number of hydrogen-bond donors (Lipinski definition) is 2. The Hall–Kier alpha value is -1.56. The van der Waals surface area contributed by atoms with Crippen molar-refractivity contribution in [1.82, 2.24) is 10.2 Å². The van der Waals surface area contributed by atoms with Crippen molar-refractivity contribution in [2.45, 2.75) is 32.2 Å². The van der Waals surface area contributed by atoms with E-state index < -0.39 is 12.0 Å². The maximum Gasteiger partial charge on any atom is 0.326 e. The number of methoxy groups -OCH3 is 1. The van der Waals surface area contributed by atoms with Crippen LogP contribution in [0.25, 0.3) is 0 Å². The van der Waals surface area contributed by atoms with Crippen molar-refractivity contribution < 1.29 is 19.4 Å². The van der Waals surface area contributed by atoms with Crippen molar-refractivity contribution in [3.05, 3.63) is 11.6 Å². The minimum Gasteiger partial charge on any atom is -0.480 e. The topological polar surface area (TPSA) is 78.9 Å². The smallest absolute Gasteiger partial charge is 0.326 e. The van der Waals surface area contributed by atoms with Gasteiger partial charge in [0.15, 0.2) is 0 Å². The van der Waals surface area contributed by atoms with Crippen LogP contribution in [0.1, 0.15) is 26.2 Å². The lowest BCUT2D eigenvalue weighted by Gasteiger charge is -2.27. The van der Waals surface area contributed by atoms with E-state index in [4.69, 9.17) is 9.84 Å². The van der Waals surface area contributed by atoms with E-state index in [-0.39, 0.29) is 6.03 Å². The molecule has 1 aliphatic rings. The van der Waals surface area contributed by atoms with Crippen LogP contribution in [0.3, 0.4) is 0 Å². The summed E-state index contributed by atoms with van der Waals surface area (Å²) >= 11 is 0. The third-order valence-corrected chi connectivity index (χ3v) is 3.16. The summed E-state index contributed by atoms with van der Waals surface area (Å²) in [6.45, 7) is 3.70. The molecule has 6 nitrogen and oxygen atoms in total. The number of amides is 2. The summed E-state index contributed by atoms with van der Waals surface area (Å²) in [5.41, 5.74) is 1.26. The molecular weight excluding hydrogens is 248 g/mol. The van der Waals surface area contributed by atoms with Crippen LogP contribution in [-0.4, -0.2) is 54.9 Å². The van der Waals surface area contributed by atoms with Gasteiger partial charge >= 0.3 is 12.0 Å². The second-order valence-electron chi connectivity index (χ2n) is 4.72. The number of urea groups is 1. The number of carbonyl (C=O) groups excluding carboxylic acids is 1. The highest BCUT2D eigenvalue weighted by molar-refractivity contribution is 5.82. The number of carboxylic acids is 1.